The lowest BCUT2D eigenvalue weighted by Gasteiger charge is -2.34. The number of rotatable bonds is 4. The van der Waals surface area contributed by atoms with Gasteiger partial charge < -0.3 is 10.2 Å². The number of sulfonamides is 1. The lowest BCUT2D eigenvalue weighted by Crippen LogP contribution is -2.53. The molecule has 9 nitrogen and oxygen atoms in total. The van der Waals surface area contributed by atoms with Crippen molar-refractivity contribution in [3.63, 3.8) is 0 Å². The minimum absolute atomic E-state index is 0.191. The molecule has 1 spiro atoms. The topological polar surface area (TPSA) is 107 Å². The van der Waals surface area contributed by atoms with Crippen LogP contribution in [0.15, 0.2) is 21.7 Å². The van der Waals surface area contributed by atoms with Crippen molar-refractivity contribution >= 4 is 39.2 Å². The minimum Gasteiger partial charge on any atom is -0.338 e. The van der Waals surface area contributed by atoms with E-state index in [-0.39, 0.29) is 48.7 Å². The Morgan fingerprint density at radius 2 is 1.82 bits per heavy atom. The quantitative estimate of drug-likeness (QED) is 0.704. The number of nitrogens with zero attached hydrogens (tertiary/aromatic N) is 3. The number of carbonyl (C=O) groups is 3. The van der Waals surface area contributed by atoms with Crippen LogP contribution < -0.4 is 5.32 Å². The van der Waals surface area contributed by atoms with Crippen molar-refractivity contribution in [1.29, 1.82) is 0 Å². The standard InChI is InChI=1S/C17H22N4O5S2/c22-13(12-21-15(23)17(18-16(21)24)5-1-2-6-17)19-7-9-20(10-8-19)28(25,26)14-4-3-11-27-14/h3-4,11H,1-2,5-10,12H2,(H,18,24). The summed E-state index contributed by atoms with van der Waals surface area (Å²) in [6, 6.07) is 2.74. The van der Waals surface area contributed by atoms with Crippen LogP contribution in [-0.4, -0.2) is 78.6 Å². The molecule has 4 amide bonds. The highest BCUT2D eigenvalue weighted by molar-refractivity contribution is 7.91. The second-order valence-electron chi connectivity index (χ2n) is 7.33. The van der Waals surface area contributed by atoms with Crippen LogP contribution in [-0.2, 0) is 19.6 Å². The summed E-state index contributed by atoms with van der Waals surface area (Å²) >= 11 is 1.16. The van der Waals surface area contributed by atoms with Crippen LogP contribution >= 0.6 is 11.3 Å². The minimum atomic E-state index is -3.54. The van der Waals surface area contributed by atoms with Gasteiger partial charge in [0.15, 0.2) is 0 Å². The summed E-state index contributed by atoms with van der Waals surface area (Å²) < 4.78 is 26.8. The maximum atomic E-state index is 12.7. The molecule has 0 atom stereocenters. The molecule has 0 unspecified atom stereocenters. The molecule has 0 bridgehead atoms. The Kier molecular flexibility index (Phi) is 4.92. The zero-order valence-corrected chi connectivity index (χ0v) is 16.9. The lowest BCUT2D eigenvalue weighted by molar-refractivity contribution is -0.139. The van der Waals surface area contributed by atoms with Gasteiger partial charge in [0.05, 0.1) is 0 Å². The Morgan fingerprint density at radius 3 is 2.43 bits per heavy atom. The van der Waals surface area contributed by atoms with Gasteiger partial charge in [-0.1, -0.05) is 18.9 Å². The van der Waals surface area contributed by atoms with Gasteiger partial charge in [-0.25, -0.2) is 13.2 Å². The summed E-state index contributed by atoms with van der Waals surface area (Å²) in [4.78, 5) is 40.0. The largest absolute Gasteiger partial charge is 0.338 e. The first-order valence-electron chi connectivity index (χ1n) is 9.29. The summed E-state index contributed by atoms with van der Waals surface area (Å²) in [6.07, 6.45) is 2.99. The van der Waals surface area contributed by atoms with E-state index in [0.29, 0.717) is 12.8 Å². The number of imide groups is 1. The molecule has 0 radical (unpaired) electrons. The highest BCUT2D eigenvalue weighted by atomic mass is 32.2. The van der Waals surface area contributed by atoms with Gasteiger partial charge in [-0.2, -0.15) is 4.31 Å². The SMILES string of the molecule is O=C(CN1C(=O)NC2(CCCC2)C1=O)N1CCN(S(=O)(=O)c2cccs2)CC1. The molecular weight excluding hydrogens is 404 g/mol. The maximum absolute atomic E-state index is 12.7. The van der Waals surface area contributed by atoms with Gasteiger partial charge in [0.25, 0.3) is 15.9 Å². The van der Waals surface area contributed by atoms with Gasteiger partial charge in [0.2, 0.25) is 5.91 Å². The molecule has 2 saturated heterocycles. The van der Waals surface area contributed by atoms with E-state index in [4.69, 9.17) is 0 Å². The average molecular weight is 427 g/mol. The molecule has 11 heteroatoms. The molecule has 2 aliphatic heterocycles. The molecule has 0 aromatic carbocycles. The molecule has 1 aromatic heterocycles. The van der Waals surface area contributed by atoms with E-state index in [1.807, 2.05) is 0 Å². The van der Waals surface area contributed by atoms with Gasteiger partial charge in [0.1, 0.15) is 16.3 Å². The fraction of sp³-hybridized carbons (Fsp3) is 0.588. The second-order valence-corrected chi connectivity index (χ2v) is 10.4. The molecule has 3 heterocycles. The third kappa shape index (κ3) is 3.20. The third-order valence-corrected chi connectivity index (χ3v) is 8.95. The van der Waals surface area contributed by atoms with Crippen LogP contribution in [0, 0.1) is 0 Å². The first-order chi connectivity index (χ1) is 13.3. The maximum Gasteiger partial charge on any atom is 0.325 e. The average Bonchev–Trinajstić information content (AvgIpc) is 3.41. The summed E-state index contributed by atoms with van der Waals surface area (Å²) in [5.41, 5.74) is -0.829. The van der Waals surface area contributed by atoms with Crippen LogP contribution in [0.5, 0.6) is 0 Å². The Bertz CT molecular complexity index is 885. The highest BCUT2D eigenvalue weighted by Crippen LogP contribution is 2.35. The number of hydrogen-bond acceptors (Lipinski definition) is 6. The van der Waals surface area contributed by atoms with E-state index in [9.17, 15) is 22.8 Å². The van der Waals surface area contributed by atoms with Crippen molar-refractivity contribution in [1.82, 2.24) is 19.4 Å². The van der Waals surface area contributed by atoms with Gasteiger partial charge in [-0.15, -0.1) is 11.3 Å². The van der Waals surface area contributed by atoms with E-state index in [2.05, 4.69) is 5.32 Å². The van der Waals surface area contributed by atoms with E-state index >= 15 is 0 Å². The van der Waals surface area contributed by atoms with E-state index < -0.39 is 21.6 Å². The molecule has 1 aromatic rings. The Morgan fingerprint density at radius 1 is 1.14 bits per heavy atom. The second kappa shape index (κ2) is 7.12. The lowest BCUT2D eigenvalue weighted by atomic mass is 9.98. The number of piperazine rings is 1. The number of amides is 4. The molecule has 3 aliphatic rings. The van der Waals surface area contributed by atoms with E-state index in [0.717, 1.165) is 29.1 Å². The zero-order chi connectivity index (χ0) is 19.9. The monoisotopic (exact) mass is 426 g/mol. The molecule has 28 heavy (non-hydrogen) atoms. The molecule has 4 rings (SSSR count). The molecule has 3 fully saturated rings. The molecular formula is C17H22N4O5S2. The van der Waals surface area contributed by atoms with Crippen LogP contribution in [0.2, 0.25) is 0 Å². The third-order valence-electron chi connectivity index (χ3n) is 5.68. The molecule has 1 N–H and O–H groups in total. The van der Waals surface area contributed by atoms with Crippen LogP contribution in [0.3, 0.4) is 0 Å². The molecule has 1 saturated carbocycles. The van der Waals surface area contributed by atoms with E-state index in [1.165, 1.54) is 9.21 Å². The number of thiophene rings is 1. The fourth-order valence-corrected chi connectivity index (χ4v) is 6.65. The predicted molar refractivity (Wildman–Crippen MR) is 101 cm³/mol. The van der Waals surface area contributed by atoms with Gasteiger partial charge in [0, 0.05) is 26.2 Å². The van der Waals surface area contributed by atoms with Crippen molar-refractivity contribution in [3.8, 4) is 0 Å². The van der Waals surface area contributed by atoms with Gasteiger partial charge >= 0.3 is 6.03 Å². The van der Waals surface area contributed by atoms with Gasteiger partial charge in [-0.3, -0.25) is 14.5 Å². The van der Waals surface area contributed by atoms with Crippen molar-refractivity contribution < 1.29 is 22.8 Å². The summed E-state index contributed by atoms with van der Waals surface area (Å²) in [7, 11) is -3.54. The number of hydrogen-bond donors (Lipinski definition) is 1. The summed E-state index contributed by atoms with van der Waals surface area (Å²) in [6.45, 7) is 0.548. The normalized spacial score (nSPS) is 22.9. The Balaban J connectivity index is 1.36. The predicted octanol–water partition coefficient (Wildman–Crippen LogP) is 0.446. The van der Waals surface area contributed by atoms with E-state index in [1.54, 1.807) is 17.5 Å². The van der Waals surface area contributed by atoms with Gasteiger partial charge in [-0.05, 0) is 24.3 Å². The zero-order valence-electron chi connectivity index (χ0n) is 15.3. The molecule has 152 valence electrons. The highest BCUT2D eigenvalue weighted by Gasteiger charge is 2.53. The number of nitrogens with one attached hydrogen (secondary N) is 1. The fourth-order valence-electron chi connectivity index (χ4n) is 4.09. The van der Waals surface area contributed by atoms with Crippen molar-refractivity contribution in [3.05, 3.63) is 17.5 Å². The van der Waals surface area contributed by atoms with Crippen LogP contribution in [0.4, 0.5) is 4.79 Å². The Labute approximate surface area is 167 Å². The number of carbonyl (C=O) groups excluding carboxylic acids is 3. The summed E-state index contributed by atoms with van der Waals surface area (Å²) in [5.74, 6) is -0.658. The molecule has 1 aliphatic carbocycles. The smallest absolute Gasteiger partial charge is 0.325 e. The Hall–Kier alpha value is -1.98. The first-order valence-corrected chi connectivity index (χ1v) is 11.6. The number of urea groups is 1. The van der Waals surface area contributed by atoms with Crippen molar-refractivity contribution in [2.75, 3.05) is 32.7 Å². The first kappa shape index (κ1) is 19.3. The summed E-state index contributed by atoms with van der Waals surface area (Å²) in [5, 5.41) is 4.47. The van der Waals surface area contributed by atoms with Crippen molar-refractivity contribution in [2.24, 2.45) is 0 Å². The van der Waals surface area contributed by atoms with Crippen molar-refractivity contribution in [2.45, 2.75) is 35.4 Å². The van der Waals surface area contributed by atoms with Crippen LogP contribution in [0.25, 0.3) is 0 Å². The van der Waals surface area contributed by atoms with Crippen LogP contribution in [0.1, 0.15) is 25.7 Å².